The molecule has 47 heavy (non-hydrogen) atoms. The summed E-state index contributed by atoms with van der Waals surface area (Å²) in [6.45, 7) is 1.75. The van der Waals surface area contributed by atoms with Crippen molar-refractivity contribution in [3.8, 4) is 11.5 Å². The van der Waals surface area contributed by atoms with Crippen molar-refractivity contribution >= 4 is 63.8 Å². The molecule has 2 N–H and O–H groups in total. The van der Waals surface area contributed by atoms with E-state index in [0.29, 0.717) is 27.9 Å². The number of rotatable bonds is 7. The van der Waals surface area contributed by atoms with Crippen LogP contribution in [0.25, 0.3) is 0 Å². The van der Waals surface area contributed by atoms with Crippen LogP contribution in [0.2, 0.25) is 5.02 Å². The van der Waals surface area contributed by atoms with Crippen molar-refractivity contribution in [3.05, 3.63) is 97.4 Å². The molecule has 3 aromatic carbocycles. The van der Waals surface area contributed by atoms with Crippen LogP contribution in [0.5, 0.6) is 11.5 Å². The quantitative estimate of drug-likeness (QED) is 0.226. The van der Waals surface area contributed by atoms with Crippen molar-refractivity contribution in [1.29, 1.82) is 0 Å². The van der Waals surface area contributed by atoms with Crippen molar-refractivity contribution < 1.29 is 23.9 Å². The van der Waals surface area contributed by atoms with Gasteiger partial charge in [0.25, 0.3) is 5.91 Å². The number of hydrogen-bond donors (Lipinski definition) is 2. The number of carbonyl (C=O) groups is 3. The lowest BCUT2D eigenvalue weighted by Gasteiger charge is -2.43. The molecule has 2 bridgehead atoms. The second-order valence-electron chi connectivity index (χ2n) is 12.6. The Morgan fingerprint density at radius 2 is 1.72 bits per heavy atom. The monoisotopic (exact) mass is 687 g/mol. The fourth-order valence-electron chi connectivity index (χ4n) is 8.22. The molecule has 12 heteroatoms. The van der Waals surface area contributed by atoms with Gasteiger partial charge in [-0.3, -0.25) is 24.1 Å². The van der Waals surface area contributed by atoms with Gasteiger partial charge in [-0.05, 0) is 85.7 Å². The van der Waals surface area contributed by atoms with Crippen molar-refractivity contribution in [2.24, 2.45) is 29.6 Å². The lowest BCUT2D eigenvalue weighted by molar-refractivity contribution is -0.123. The number of carbonyl (C=O) groups excluding carboxylic acids is 3. The molecular weight excluding hydrogens is 658 g/mol. The molecule has 1 saturated heterocycles. The minimum atomic E-state index is -0.458. The first kappa shape index (κ1) is 30.3. The molecular formula is C35H30ClN3O6S2. The van der Waals surface area contributed by atoms with Crippen LogP contribution >= 0.6 is 34.7 Å². The number of ether oxygens (including phenoxy) is 2. The highest BCUT2D eigenvalue weighted by Gasteiger charge is 2.69. The van der Waals surface area contributed by atoms with Crippen molar-refractivity contribution in [1.82, 2.24) is 4.98 Å². The van der Waals surface area contributed by atoms with Gasteiger partial charge in [0.15, 0.2) is 6.61 Å². The van der Waals surface area contributed by atoms with E-state index in [1.165, 1.54) is 4.90 Å². The second-order valence-corrected chi connectivity index (χ2v) is 15.2. The number of aromatic nitrogens is 1. The van der Waals surface area contributed by atoms with E-state index in [0.717, 1.165) is 38.8 Å². The van der Waals surface area contributed by atoms with Crippen LogP contribution in [-0.2, 0) is 14.4 Å². The average Bonchev–Trinajstić information content (AvgIpc) is 3.80. The topological polar surface area (TPSA) is 118 Å². The summed E-state index contributed by atoms with van der Waals surface area (Å²) in [5.74, 6) is -0.895. The summed E-state index contributed by atoms with van der Waals surface area (Å²) in [6.07, 6.45) is 0.747. The molecule has 4 aliphatic rings. The number of fused-ring (bicyclic) bond motifs is 9. The standard InChI is InChI=1S/C35H30ClN3O6S2/c1-16-3-6-18(7-4-16)37-25(40)15-45-24-12-5-17(36)13-21(24)26-27-22-14-23(30(27)46-32-31(26)47-35(43)38-32)29-28(22)33(41)39(34(29)42)19-8-10-20(44-2)11-9-19/h3-13,22-23,26-30H,14-15H2,1-2H3,(H,37,40)(H,38,43)/t22-,23-,26+,27-,28+,29+,30-/m1/s1. The summed E-state index contributed by atoms with van der Waals surface area (Å²) in [5, 5.41) is 4.14. The van der Waals surface area contributed by atoms with Gasteiger partial charge in [0.2, 0.25) is 11.8 Å². The molecule has 3 heterocycles. The lowest BCUT2D eigenvalue weighted by atomic mass is 9.68. The van der Waals surface area contributed by atoms with E-state index >= 15 is 0 Å². The summed E-state index contributed by atoms with van der Waals surface area (Å²) in [4.78, 5) is 58.8. The number of nitrogens with one attached hydrogen (secondary N) is 2. The number of hydrogen-bond acceptors (Lipinski definition) is 8. The predicted molar refractivity (Wildman–Crippen MR) is 181 cm³/mol. The van der Waals surface area contributed by atoms with Gasteiger partial charge in [-0.1, -0.05) is 40.6 Å². The number of benzene rings is 3. The smallest absolute Gasteiger partial charge is 0.305 e. The van der Waals surface area contributed by atoms with Gasteiger partial charge in [0.1, 0.15) is 11.5 Å². The maximum absolute atomic E-state index is 14.1. The Labute approximate surface area is 283 Å². The largest absolute Gasteiger partial charge is 0.497 e. The summed E-state index contributed by atoms with van der Waals surface area (Å²) >= 11 is 9.36. The number of thioether (sulfide) groups is 1. The Hall–Kier alpha value is -4.06. The highest BCUT2D eigenvalue weighted by Crippen LogP contribution is 2.69. The molecule has 2 saturated carbocycles. The first-order valence-electron chi connectivity index (χ1n) is 15.4. The first-order chi connectivity index (χ1) is 22.7. The zero-order valence-electron chi connectivity index (χ0n) is 25.4. The van der Waals surface area contributed by atoms with Crippen LogP contribution in [0.3, 0.4) is 0 Å². The van der Waals surface area contributed by atoms with E-state index in [9.17, 15) is 19.2 Å². The SMILES string of the molecule is COc1ccc(N2C(=O)[C@H]3[C@H]4C[C@@H]([C@@H]3C2=O)[C@@H]2[C@H](c3cc(Cl)ccc3OCC(=O)Nc3ccc(C)cc3)c3sc(=O)[nH]c3S[C@H]42)cc1. The molecule has 3 amide bonds. The summed E-state index contributed by atoms with van der Waals surface area (Å²) < 4.78 is 11.4. The third-order valence-electron chi connectivity index (χ3n) is 10.1. The molecule has 4 aromatic rings. The van der Waals surface area contributed by atoms with Crippen LogP contribution < -0.4 is 24.6 Å². The Kier molecular flexibility index (Phi) is 7.46. The molecule has 7 atom stereocenters. The Morgan fingerprint density at radius 1 is 1.00 bits per heavy atom. The number of aromatic amines is 1. The third kappa shape index (κ3) is 4.98. The fraction of sp³-hybridized carbons (Fsp3) is 0.314. The molecule has 1 aromatic heterocycles. The van der Waals surface area contributed by atoms with Crippen molar-refractivity contribution in [3.63, 3.8) is 0 Å². The van der Waals surface area contributed by atoms with Crippen LogP contribution in [0, 0.1) is 36.5 Å². The van der Waals surface area contributed by atoms with Crippen LogP contribution in [-0.4, -0.2) is 41.7 Å². The van der Waals surface area contributed by atoms with Crippen molar-refractivity contribution in [2.45, 2.75) is 29.5 Å². The number of imide groups is 1. The number of methoxy groups -OCH3 is 1. The highest BCUT2D eigenvalue weighted by atomic mass is 35.5. The van der Waals surface area contributed by atoms with Gasteiger partial charge in [0, 0.05) is 32.3 Å². The van der Waals surface area contributed by atoms with E-state index in [-0.39, 0.29) is 58.1 Å². The Balaban J connectivity index is 1.13. The number of H-pyrrole nitrogens is 1. The van der Waals surface area contributed by atoms with Gasteiger partial charge in [-0.2, -0.15) is 0 Å². The number of anilines is 2. The third-order valence-corrected chi connectivity index (χ3v) is 12.9. The van der Waals surface area contributed by atoms with E-state index < -0.39 is 11.8 Å². The highest BCUT2D eigenvalue weighted by molar-refractivity contribution is 8.00. The van der Waals surface area contributed by atoms with E-state index in [1.807, 2.05) is 37.3 Å². The van der Waals surface area contributed by atoms with E-state index in [1.54, 1.807) is 55.3 Å². The molecule has 0 radical (unpaired) electrons. The second kappa shape index (κ2) is 11.6. The number of halogens is 1. The maximum atomic E-state index is 14.1. The maximum Gasteiger partial charge on any atom is 0.305 e. The normalized spacial score (nSPS) is 27.0. The van der Waals surface area contributed by atoms with E-state index in [2.05, 4.69) is 10.3 Å². The van der Waals surface area contributed by atoms with Gasteiger partial charge < -0.3 is 19.8 Å². The Bertz CT molecular complexity index is 1980. The van der Waals surface area contributed by atoms with Gasteiger partial charge in [0.05, 0.1) is 29.7 Å². The zero-order chi connectivity index (χ0) is 32.6. The van der Waals surface area contributed by atoms with Crippen LogP contribution in [0.15, 0.2) is 76.6 Å². The molecule has 9 nitrogen and oxygen atoms in total. The molecule has 0 unspecified atom stereocenters. The molecule has 2 aliphatic heterocycles. The molecule has 8 rings (SSSR count). The first-order valence-corrected chi connectivity index (χ1v) is 17.5. The minimum Gasteiger partial charge on any atom is -0.497 e. The fourth-order valence-corrected chi connectivity index (χ4v) is 11.3. The molecule has 0 spiro atoms. The predicted octanol–water partition coefficient (Wildman–Crippen LogP) is 6.10. The molecule has 240 valence electrons. The zero-order valence-corrected chi connectivity index (χ0v) is 27.8. The summed E-state index contributed by atoms with van der Waals surface area (Å²) in [6, 6.07) is 19.8. The van der Waals surface area contributed by atoms with Crippen molar-refractivity contribution in [2.75, 3.05) is 23.9 Å². The minimum absolute atomic E-state index is 0.00626. The van der Waals surface area contributed by atoms with Gasteiger partial charge in [-0.25, -0.2) is 0 Å². The van der Waals surface area contributed by atoms with Crippen LogP contribution in [0.1, 0.15) is 28.3 Å². The van der Waals surface area contributed by atoms with Gasteiger partial charge in [-0.15, -0.1) is 11.8 Å². The number of aryl methyl sites for hydroxylation is 1. The lowest BCUT2D eigenvalue weighted by Crippen LogP contribution is -2.42. The van der Waals surface area contributed by atoms with Crippen LogP contribution in [0.4, 0.5) is 11.4 Å². The number of thiazole rings is 1. The average molecular weight is 688 g/mol. The molecule has 3 fully saturated rings. The number of nitrogens with zero attached hydrogens (tertiary/aromatic N) is 1. The summed E-state index contributed by atoms with van der Waals surface area (Å²) in [7, 11) is 1.57. The van der Waals surface area contributed by atoms with Gasteiger partial charge >= 0.3 is 4.87 Å². The van der Waals surface area contributed by atoms with E-state index in [4.69, 9.17) is 21.1 Å². The Morgan fingerprint density at radius 3 is 2.45 bits per heavy atom. The number of amides is 3. The molecule has 2 aliphatic carbocycles. The summed E-state index contributed by atoms with van der Waals surface area (Å²) in [5.41, 5.74) is 3.06.